The fourth-order valence-corrected chi connectivity index (χ4v) is 2.36. The highest BCUT2D eigenvalue weighted by molar-refractivity contribution is 7.16. The van der Waals surface area contributed by atoms with Gasteiger partial charge in [0.05, 0.1) is 13.3 Å². The van der Waals surface area contributed by atoms with Crippen LogP contribution >= 0.6 is 11.3 Å². The molecule has 0 N–H and O–H groups in total. The Morgan fingerprint density at radius 1 is 1.47 bits per heavy atom. The number of pyridine rings is 1. The van der Waals surface area contributed by atoms with E-state index in [1.54, 1.807) is 6.20 Å². The van der Waals surface area contributed by atoms with E-state index < -0.39 is 0 Å². The molecule has 4 nitrogen and oxygen atoms in total. The van der Waals surface area contributed by atoms with Crippen LogP contribution in [0.2, 0.25) is 0 Å². The molecule has 2 aromatic heterocycles. The average molecular weight is 248 g/mol. The molecule has 0 atom stereocenters. The molecule has 0 aromatic carbocycles. The lowest BCUT2D eigenvalue weighted by atomic mass is 10.1. The predicted octanol–water partition coefficient (Wildman–Crippen LogP) is 2.55. The van der Waals surface area contributed by atoms with Crippen LogP contribution in [0.5, 0.6) is 0 Å². The average Bonchev–Trinajstić information content (AvgIpc) is 2.87. The van der Waals surface area contributed by atoms with E-state index in [-0.39, 0.29) is 5.97 Å². The highest BCUT2D eigenvalue weighted by Crippen LogP contribution is 2.26. The topological polar surface area (TPSA) is 52.1 Å². The van der Waals surface area contributed by atoms with E-state index in [4.69, 9.17) is 0 Å². The molecule has 0 fully saturated rings. The van der Waals surface area contributed by atoms with Gasteiger partial charge in [-0.2, -0.15) is 0 Å². The minimum atomic E-state index is -0.359. The lowest BCUT2D eigenvalue weighted by Crippen LogP contribution is -1.96. The van der Waals surface area contributed by atoms with Gasteiger partial charge < -0.3 is 4.74 Å². The molecule has 0 radical (unpaired) electrons. The number of aryl methyl sites for hydroxylation is 1. The summed E-state index contributed by atoms with van der Waals surface area (Å²) < 4.78 is 4.65. The van der Waals surface area contributed by atoms with Crippen molar-refractivity contribution in [3.8, 4) is 10.7 Å². The number of carbonyl (C=O) groups excluding carboxylic acids is 1. The maximum atomic E-state index is 11.3. The van der Waals surface area contributed by atoms with Gasteiger partial charge in [0.25, 0.3) is 0 Å². The summed E-state index contributed by atoms with van der Waals surface area (Å²) in [5.74, 6) is -0.359. The molecule has 2 heterocycles. The van der Waals surface area contributed by atoms with Crippen LogP contribution in [0, 0.1) is 0 Å². The van der Waals surface area contributed by atoms with Gasteiger partial charge >= 0.3 is 5.97 Å². The van der Waals surface area contributed by atoms with E-state index in [1.165, 1.54) is 24.6 Å². The first-order valence-corrected chi connectivity index (χ1v) is 6.06. The number of thiazole rings is 1. The number of hydrogen-bond donors (Lipinski definition) is 0. The fraction of sp³-hybridized carbons (Fsp3) is 0.250. The quantitative estimate of drug-likeness (QED) is 0.783. The molecule has 0 aliphatic carbocycles. The molecule has 17 heavy (non-hydrogen) atoms. The number of nitrogens with zero attached hydrogens (tertiary/aromatic N) is 2. The number of hydrogen-bond acceptors (Lipinski definition) is 5. The van der Waals surface area contributed by atoms with Crippen LogP contribution in [0.1, 0.15) is 22.2 Å². The zero-order chi connectivity index (χ0) is 12.3. The number of methoxy groups -OCH3 is 1. The van der Waals surface area contributed by atoms with Crippen molar-refractivity contribution >= 4 is 17.3 Å². The standard InChI is InChI=1S/C12H12N2O2S/c1-3-8-5-4-6-13-10(8)11-14-7-9(17-11)12(15)16-2/h4-7H,3H2,1-2H3. The summed E-state index contributed by atoms with van der Waals surface area (Å²) in [5.41, 5.74) is 1.97. The molecule has 88 valence electrons. The van der Waals surface area contributed by atoms with E-state index in [1.807, 2.05) is 12.1 Å². The molecule has 0 amide bonds. The molecular formula is C12H12N2O2S. The van der Waals surface area contributed by atoms with Crippen LogP contribution in [0.3, 0.4) is 0 Å². The van der Waals surface area contributed by atoms with Gasteiger partial charge in [-0.15, -0.1) is 11.3 Å². The van der Waals surface area contributed by atoms with Crippen LogP contribution in [0.15, 0.2) is 24.5 Å². The monoisotopic (exact) mass is 248 g/mol. The summed E-state index contributed by atoms with van der Waals surface area (Å²) in [6.07, 6.45) is 4.14. The first-order chi connectivity index (χ1) is 8.26. The second-order valence-corrected chi connectivity index (χ2v) is 4.42. The van der Waals surface area contributed by atoms with Crippen molar-refractivity contribution in [2.24, 2.45) is 0 Å². The van der Waals surface area contributed by atoms with E-state index in [2.05, 4.69) is 21.6 Å². The van der Waals surface area contributed by atoms with Gasteiger partial charge in [-0.3, -0.25) is 4.98 Å². The summed E-state index contributed by atoms with van der Waals surface area (Å²) in [6, 6.07) is 3.92. The summed E-state index contributed by atoms with van der Waals surface area (Å²) in [4.78, 5) is 20.4. The second-order valence-electron chi connectivity index (χ2n) is 3.39. The van der Waals surface area contributed by atoms with Gasteiger partial charge in [0.1, 0.15) is 15.6 Å². The van der Waals surface area contributed by atoms with E-state index in [0.717, 1.165) is 22.7 Å². The van der Waals surface area contributed by atoms with Gasteiger partial charge in [-0.25, -0.2) is 9.78 Å². The first-order valence-electron chi connectivity index (χ1n) is 5.24. The number of ether oxygens (including phenoxy) is 1. The highest BCUT2D eigenvalue weighted by atomic mass is 32.1. The predicted molar refractivity (Wildman–Crippen MR) is 66.1 cm³/mol. The largest absolute Gasteiger partial charge is 0.465 e. The molecule has 0 bridgehead atoms. The molecule has 0 saturated heterocycles. The van der Waals surface area contributed by atoms with E-state index in [9.17, 15) is 4.79 Å². The molecular weight excluding hydrogens is 236 g/mol. The van der Waals surface area contributed by atoms with Crippen molar-refractivity contribution in [3.63, 3.8) is 0 Å². The molecule has 0 aliphatic heterocycles. The van der Waals surface area contributed by atoms with Gasteiger partial charge in [-0.1, -0.05) is 13.0 Å². The Morgan fingerprint density at radius 3 is 3.00 bits per heavy atom. The lowest BCUT2D eigenvalue weighted by molar-refractivity contribution is 0.0606. The Bertz CT molecular complexity index is 537. The molecule has 2 aromatic rings. The smallest absolute Gasteiger partial charge is 0.349 e. The Balaban J connectivity index is 2.40. The van der Waals surface area contributed by atoms with Crippen LogP contribution in [-0.4, -0.2) is 23.0 Å². The van der Waals surface area contributed by atoms with Gasteiger partial charge in [-0.05, 0) is 18.1 Å². The van der Waals surface area contributed by atoms with Crippen molar-refractivity contribution in [2.75, 3.05) is 7.11 Å². The van der Waals surface area contributed by atoms with E-state index in [0.29, 0.717) is 4.88 Å². The van der Waals surface area contributed by atoms with Crippen molar-refractivity contribution in [3.05, 3.63) is 35.0 Å². The van der Waals surface area contributed by atoms with Gasteiger partial charge in [0.2, 0.25) is 0 Å². The third-order valence-corrected chi connectivity index (χ3v) is 3.35. The summed E-state index contributed by atoms with van der Waals surface area (Å²) in [7, 11) is 1.36. The number of rotatable bonds is 3. The zero-order valence-corrected chi connectivity index (χ0v) is 10.5. The zero-order valence-electron chi connectivity index (χ0n) is 9.64. The summed E-state index contributed by atoms with van der Waals surface area (Å²) in [6.45, 7) is 2.06. The Kier molecular flexibility index (Phi) is 3.49. The third-order valence-electron chi connectivity index (χ3n) is 2.37. The molecule has 0 spiro atoms. The van der Waals surface area contributed by atoms with Crippen molar-refractivity contribution < 1.29 is 9.53 Å². The Labute approximate surface area is 103 Å². The third kappa shape index (κ3) is 2.34. The molecule has 0 unspecified atom stereocenters. The minimum absolute atomic E-state index is 0.359. The molecule has 5 heteroatoms. The van der Waals surface area contributed by atoms with Gasteiger partial charge in [0, 0.05) is 6.20 Å². The number of esters is 1. The van der Waals surface area contributed by atoms with Crippen molar-refractivity contribution in [1.29, 1.82) is 0 Å². The number of aromatic nitrogens is 2. The van der Waals surface area contributed by atoms with Crippen molar-refractivity contribution in [1.82, 2.24) is 9.97 Å². The highest BCUT2D eigenvalue weighted by Gasteiger charge is 2.14. The van der Waals surface area contributed by atoms with Crippen LogP contribution in [0.4, 0.5) is 0 Å². The molecule has 0 saturated carbocycles. The Morgan fingerprint density at radius 2 is 2.29 bits per heavy atom. The Hall–Kier alpha value is -1.75. The fourth-order valence-electron chi connectivity index (χ4n) is 1.50. The maximum Gasteiger partial charge on any atom is 0.349 e. The van der Waals surface area contributed by atoms with Crippen LogP contribution in [0.25, 0.3) is 10.7 Å². The molecule has 2 rings (SSSR count). The first kappa shape index (κ1) is 11.7. The van der Waals surface area contributed by atoms with E-state index >= 15 is 0 Å². The maximum absolute atomic E-state index is 11.3. The van der Waals surface area contributed by atoms with Gasteiger partial charge in [0.15, 0.2) is 0 Å². The van der Waals surface area contributed by atoms with Crippen LogP contribution in [-0.2, 0) is 11.2 Å². The summed E-state index contributed by atoms with van der Waals surface area (Å²) in [5, 5.41) is 0.753. The SMILES string of the molecule is CCc1cccnc1-c1ncc(C(=O)OC)s1. The molecule has 0 aliphatic rings. The second kappa shape index (κ2) is 5.05. The number of carbonyl (C=O) groups is 1. The lowest BCUT2D eigenvalue weighted by Gasteiger charge is -2.01. The normalized spacial score (nSPS) is 10.2. The minimum Gasteiger partial charge on any atom is -0.465 e. The van der Waals surface area contributed by atoms with Crippen LogP contribution < -0.4 is 0 Å². The summed E-state index contributed by atoms with van der Waals surface area (Å²) >= 11 is 1.30. The van der Waals surface area contributed by atoms with Crippen molar-refractivity contribution in [2.45, 2.75) is 13.3 Å².